The van der Waals surface area contributed by atoms with Crippen molar-refractivity contribution in [1.29, 1.82) is 0 Å². The highest BCUT2D eigenvalue weighted by atomic mass is 16.5. The Balaban J connectivity index is 4.59. The van der Waals surface area contributed by atoms with E-state index in [9.17, 15) is 24.2 Å². The highest BCUT2D eigenvalue weighted by Crippen LogP contribution is 2.21. The maximum absolute atomic E-state index is 12.6. The molecule has 0 aromatic heterocycles. The lowest BCUT2D eigenvalue weighted by molar-refractivity contribution is -0.126. The van der Waals surface area contributed by atoms with Crippen molar-refractivity contribution in [2.24, 2.45) is 15.8 Å². The van der Waals surface area contributed by atoms with Crippen LogP contribution >= 0.6 is 0 Å². The molecule has 238 valence electrons. The third kappa shape index (κ3) is 17.8. The van der Waals surface area contributed by atoms with Crippen LogP contribution in [-0.2, 0) is 23.9 Å². The van der Waals surface area contributed by atoms with E-state index in [0.717, 1.165) is 0 Å². The summed E-state index contributed by atoms with van der Waals surface area (Å²) in [6, 6.07) is -0.938. The zero-order valence-corrected chi connectivity index (χ0v) is 26.2. The summed E-state index contributed by atoms with van der Waals surface area (Å²) in [6.07, 6.45) is 0.0668. The van der Waals surface area contributed by atoms with E-state index in [1.807, 2.05) is 34.6 Å². The molecule has 0 aliphatic rings. The molecule has 14 nitrogen and oxygen atoms in total. The van der Waals surface area contributed by atoms with Crippen molar-refractivity contribution in [3.05, 3.63) is 9.81 Å². The van der Waals surface area contributed by atoms with Gasteiger partial charge in [0.15, 0.2) is 0 Å². The molecule has 0 aromatic rings. The molecule has 5 N–H and O–H groups in total. The van der Waals surface area contributed by atoms with Gasteiger partial charge in [-0.25, -0.2) is 0 Å². The molecule has 0 aliphatic carbocycles. The fourth-order valence-electron chi connectivity index (χ4n) is 3.23. The molecule has 3 amide bonds. The third-order valence-electron chi connectivity index (χ3n) is 7.20. The highest BCUT2D eigenvalue weighted by molar-refractivity contribution is 5.83. The Bertz CT molecular complexity index is 794. The number of nitrogens with one attached hydrogen (secondary N) is 5. The average molecular weight is 588 g/mol. The van der Waals surface area contributed by atoms with Gasteiger partial charge in [-0.3, -0.25) is 14.4 Å². The number of nitroso groups, excluding NO2 is 2. The van der Waals surface area contributed by atoms with Crippen molar-refractivity contribution < 1.29 is 23.9 Å². The quantitative estimate of drug-likeness (QED) is 0.0817. The standard InChI is InChI=1S/C27H53N7O7/c1-20(33-38)25(4,5)31-18-27(8,19-32-26(6,7)21(2)34-39)17-30-24(37)10-9-23(36)29-12-14-41-16-15-40-13-11-28-22(3)35/h20-21,31-32H,9-19H2,1-8H3,(H,28,35)(H,29,36)(H,30,37). The summed E-state index contributed by atoms with van der Waals surface area (Å²) in [5.74, 6) is -0.622. The zero-order chi connectivity index (χ0) is 31.5. The number of ether oxygens (including phenoxy) is 2. The first-order chi connectivity index (χ1) is 19.1. The number of hydrogen-bond donors (Lipinski definition) is 5. The Kier molecular flexibility index (Phi) is 18.3. The van der Waals surface area contributed by atoms with Crippen LogP contribution in [0.2, 0.25) is 0 Å². The van der Waals surface area contributed by atoms with Gasteiger partial charge >= 0.3 is 0 Å². The van der Waals surface area contributed by atoms with Crippen LogP contribution in [0.3, 0.4) is 0 Å². The molecule has 0 radical (unpaired) electrons. The molecule has 0 saturated heterocycles. The number of carbonyl (C=O) groups excluding carboxylic acids is 3. The second-order valence-electron chi connectivity index (χ2n) is 11.9. The van der Waals surface area contributed by atoms with Crippen LogP contribution in [0.1, 0.15) is 68.2 Å². The molecule has 0 fully saturated rings. The summed E-state index contributed by atoms with van der Waals surface area (Å²) in [4.78, 5) is 57.6. The van der Waals surface area contributed by atoms with E-state index in [0.29, 0.717) is 59.2 Å². The fourth-order valence-corrected chi connectivity index (χ4v) is 3.23. The van der Waals surface area contributed by atoms with Gasteiger partial charge in [-0.2, -0.15) is 9.81 Å². The minimum absolute atomic E-state index is 0.0287. The van der Waals surface area contributed by atoms with Gasteiger partial charge in [-0.1, -0.05) is 17.3 Å². The lowest BCUT2D eigenvalue weighted by Gasteiger charge is -2.39. The summed E-state index contributed by atoms with van der Waals surface area (Å²) in [7, 11) is 0. The Hall–Kier alpha value is -2.55. The van der Waals surface area contributed by atoms with Crippen LogP contribution in [-0.4, -0.2) is 100 Å². The summed E-state index contributed by atoms with van der Waals surface area (Å²) in [5.41, 5.74) is -1.63. The van der Waals surface area contributed by atoms with E-state index >= 15 is 0 Å². The predicted molar refractivity (Wildman–Crippen MR) is 158 cm³/mol. The molecule has 14 heteroatoms. The SMILES string of the molecule is CC(=O)NCCOCCOCCNC(=O)CCC(=O)NCC(C)(CNC(C)(C)C(C)N=O)CNC(C)(C)C(C)N=O. The Morgan fingerprint density at radius 2 is 1.07 bits per heavy atom. The van der Waals surface area contributed by atoms with Crippen LogP contribution in [0.5, 0.6) is 0 Å². The summed E-state index contributed by atoms with van der Waals surface area (Å²) in [6.45, 7) is 17.9. The smallest absolute Gasteiger partial charge is 0.220 e. The molecule has 0 saturated carbocycles. The second kappa shape index (κ2) is 19.5. The van der Waals surface area contributed by atoms with Gasteiger partial charge < -0.3 is 36.1 Å². The molecular formula is C27H53N7O7. The van der Waals surface area contributed by atoms with Crippen LogP contribution in [0, 0.1) is 15.2 Å². The number of rotatable bonds is 24. The van der Waals surface area contributed by atoms with Crippen molar-refractivity contribution in [3.8, 4) is 0 Å². The first-order valence-electron chi connectivity index (χ1n) is 14.2. The van der Waals surface area contributed by atoms with Crippen molar-refractivity contribution >= 4 is 17.7 Å². The van der Waals surface area contributed by atoms with Crippen molar-refractivity contribution in [2.75, 3.05) is 59.2 Å². The lowest BCUT2D eigenvalue weighted by atomic mass is 9.85. The monoisotopic (exact) mass is 587 g/mol. The zero-order valence-electron chi connectivity index (χ0n) is 26.2. The van der Waals surface area contributed by atoms with Gasteiger partial charge in [-0.15, -0.1) is 0 Å². The molecule has 2 atom stereocenters. The second-order valence-corrected chi connectivity index (χ2v) is 11.9. The van der Waals surface area contributed by atoms with Crippen molar-refractivity contribution in [2.45, 2.75) is 91.4 Å². The van der Waals surface area contributed by atoms with Crippen LogP contribution in [0.25, 0.3) is 0 Å². The van der Waals surface area contributed by atoms with E-state index in [1.165, 1.54) is 6.92 Å². The molecule has 0 heterocycles. The number of amides is 3. The Morgan fingerprint density at radius 3 is 1.49 bits per heavy atom. The van der Waals surface area contributed by atoms with Gasteiger partial charge in [0.1, 0.15) is 12.1 Å². The minimum atomic E-state index is -0.567. The Morgan fingerprint density at radius 1 is 0.659 bits per heavy atom. The Labute approximate surface area is 244 Å². The summed E-state index contributed by atoms with van der Waals surface area (Å²) < 4.78 is 10.7. The van der Waals surface area contributed by atoms with E-state index in [-0.39, 0.29) is 30.6 Å². The fraction of sp³-hybridized carbons (Fsp3) is 0.889. The molecule has 41 heavy (non-hydrogen) atoms. The van der Waals surface area contributed by atoms with Crippen molar-refractivity contribution in [1.82, 2.24) is 26.6 Å². The van der Waals surface area contributed by atoms with E-state index < -0.39 is 28.6 Å². The van der Waals surface area contributed by atoms with E-state index in [4.69, 9.17) is 9.47 Å². The molecule has 0 rings (SSSR count). The maximum Gasteiger partial charge on any atom is 0.220 e. The summed E-state index contributed by atoms with van der Waals surface area (Å²) in [5, 5.41) is 21.3. The van der Waals surface area contributed by atoms with Crippen molar-refractivity contribution in [3.63, 3.8) is 0 Å². The molecular weight excluding hydrogens is 534 g/mol. The molecule has 0 aromatic carbocycles. The minimum Gasteiger partial charge on any atom is -0.377 e. The number of nitrogens with zero attached hydrogens (tertiary/aromatic N) is 2. The topological polar surface area (TPSA) is 189 Å². The molecule has 0 bridgehead atoms. The number of hydrogen-bond acceptors (Lipinski definition) is 11. The molecule has 0 spiro atoms. The van der Waals surface area contributed by atoms with Crippen LogP contribution < -0.4 is 26.6 Å². The van der Waals surface area contributed by atoms with E-state index in [1.54, 1.807) is 13.8 Å². The average Bonchev–Trinajstić information content (AvgIpc) is 2.92. The van der Waals surface area contributed by atoms with Gasteiger partial charge in [0.2, 0.25) is 17.7 Å². The van der Waals surface area contributed by atoms with E-state index in [2.05, 4.69) is 36.9 Å². The lowest BCUT2D eigenvalue weighted by Crippen LogP contribution is -2.58. The van der Waals surface area contributed by atoms with Gasteiger partial charge in [0.05, 0.1) is 26.4 Å². The third-order valence-corrected chi connectivity index (χ3v) is 7.20. The van der Waals surface area contributed by atoms with Gasteiger partial charge in [0.25, 0.3) is 0 Å². The van der Waals surface area contributed by atoms with Crippen LogP contribution in [0.15, 0.2) is 10.4 Å². The van der Waals surface area contributed by atoms with Gasteiger partial charge in [0, 0.05) is 69.0 Å². The summed E-state index contributed by atoms with van der Waals surface area (Å²) >= 11 is 0. The molecule has 0 aliphatic heterocycles. The highest BCUT2D eigenvalue weighted by Gasteiger charge is 2.34. The normalized spacial score (nSPS) is 14.8. The number of carbonyl (C=O) groups is 3. The first kappa shape index (κ1) is 38.5. The van der Waals surface area contributed by atoms with Crippen LogP contribution in [0.4, 0.5) is 0 Å². The largest absolute Gasteiger partial charge is 0.377 e. The predicted octanol–water partition coefficient (Wildman–Crippen LogP) is 1.22. The first-order valence-corrected chi connectivity index (χ1v) is 14.2. The maximum atomic E-state index is 12.6. The molecule has 2 unspecified atom stereocenters. The van der Waals surface area contributed by atoms with Gasteiger partial charge in [-0.05, 0) is 41.5 Å².